The largest absolute Gasteiger partial charge is 0.384 e. The highest BCUT2D eigenvalue weighted by Crippen LogP contribution is 2.12. The van der Waals surface area contributed by atoms with E-state index in [0.29, 0.717) is 17.5 Å². The summed E-state index contributed by atoms with van der Waals surface area (Å²) in [6, 6.07) is 0. The van der Waals surface area contributed by atoms with Gasteiger partial charge in [0, 0.05) is 19.1 Å². The Bertz CT molecular complexity index is 274. The number of ether oxygens (including phenoxy) is 1. The van der Waals surface area contributed by atoms with Crippen LogP contribution in [0.15, 0.2) is 5.38 Å². The Kier molecular flexibility index (Phi) is 7.85. The number of rotatable bonds is 4. The van der Waals surface area contributed by atoms with E-state index in [1.165, 1.54) is 11.3 Å². The van der Waals surface area contributed by atoms with E-state index >= 15 is 0 Å². The van der Waals surface area contributed by atoms with Gasteiger partial charge in [0.2, 0.25) is 6.41 Å². The summed E-state index contributed by atoms with van der Waals surface area (Å²) in [4.78, 5) is 13.8. The normalized spacial score (nSPS) is 9.40. The average molecular weight is 230 g/mol. The second kappa shape index (κ2) is 8.38. The number of thiazole rings is 1. The van der Waals surface area contributed by atoms with E-state index in [9.17, 15) is 4.79 Å². The van der Waals surface area contributed by atoms with Gasteiger partial charge in [0.25, 0.3) is 0 Å². The molecular weight excluding hydrogens is 212 g/mol. The van der Waals surface area contributed by atoms with Crippen LogP contribution in [0.4, 0.5) is 5.13 Å². The van der Waals surface area contributed by atoms with E-state index in [1.807, 2.05) is 12.3 Å². The van der Waals surface area contributed by atoms with Gasteiger partial charge in [-0.15, -0.1) is 11.3 Å². The van der Waals surface area contributed by atoms with Gasteiger partial charge in [-0.1, -0.05) is 13.8 Å². The van der Waals surface area contributed by atoms with Crippen molar-refractivity contribution in [2.24, 2.45) is 5.92 Å². The molecule has 0 aromatic carbocycles. The van der Waals surface area contributed by atoms with Gasteiger partial charge >= 0.3 is 0 Å². The predicted octanol–water partition coefficient (Wildman–Crippen LogP) is 2.31. The van der Waals surface area contributed by atoms with Gasteiger partial charge in [0.15, 0.2) is 5.13 Å². The van der Waals surface area contributed by atoms with Crippen LogP contribution < -0.4 is 5.32 Å². The van der Waals surface area contributed by atoms with E-state index in [4.69, 9.17) is 4.74 Å². The fraction of sp³-hybridized carbons (Fsp3) is 0.600. The first-order valence-corrected chi connectivity index (χ1v) is 5.59. The molecule has 0 saturated carbocycles. The maximum absolute atomic E-state index is 9.84. The molecule has 5 heteroatoms. The molecule has 1 rings (SSSR count). The number of carbonyl (C=O) groups excluding carboxylic acids is 1. The van der Waals surface area contributed by atoms with E-state index in [2.05, 4.69) is 24.1 Å². The lowest BCUT2D eigenvalue weighted by atomic mass is 10.2. The highest BCUT2D eigenvalue weighted by molar-refractivity contribution is 7.13. The molecule has 0 aliphatic heterocycles. The molecule has 1 aromatic heterocycles. The summed E-state index contributed by atoms with van der Waals surface area (Å²) in [5.41, 5.74) is 0.935. The quantitative estimate of drug-likeness (QED) is 0.807. The van der Waals surface area contributed by atoms with Crippen molar-refractivity contribution in [2.45, 2.75) is 20.8 Å². The van der Waals surface area contributed by atoms with Crippen molar-refractivity contribution < 1.29 is 9.53 Å². The fourth-order valence-corrected chi connectivity index (χ4v) is 1.45. The number of hydrogen-bond donors (Lipinski definition) is 1. The predicted molar refractivity (Wildman–Crippen MR) is 63.3 cm³/mol. The number of aryl methyl sites for hydroxylation is 1. The van der Waals surface area contributed by atoms with Crippen molar-refractivity contribution in [2.75, 3.05) is 19.0 Å². The lowest BCUT2D eigenvalue weighted by Crippen LogP contribution is -1.96. The standard InChI is InChI=1S/C5H6N2OS.C5H12O/c1-4-2-9-5(7-4)6-3-8;1-5(2)4-6-3/h2-3H,1H3,(H,6,7,8);5H,4H2,1-3H3. The van der Waals surface area contributed by atoms with Gasteiger partial charge in [0.1, 0.15) is 0 Å². The number of aromatic nitrogens is 1. The third-order valence-electron chi connectivity index (χ3n) is 1.30. The Labute approximate surface area is 94.7 Å². The van der Waals surface area contributed by atoms with E-state index < -0.39 is 0 Å². The van der Waals surface area contributed by atoms with Crippen LogP contribution in [0.25, 0.3) is 0 Å². The van der Waals surface area contributed by atoms with Gasteiger partial charge < -0.3 is 10.1 Å². The van der Waals surface area contributed by atoms with Gasteiger partial charge in [-0.25, -0.2) is 4.98 Å². The number of nitrogens with zero attached hydrogens (tertiary/aromatic N) is 1. The summed E-state index contributed by atoms with van der Waals surface area (Å²) in [6.45, 7) is 7.01. The van der Waals surface area contributed by atoms with Crippen LogP contribution in [0, 0.1) is 12.8 Å². The molecule has 86 valence electrons. The van der Waals surface area contributed by atoms with E-state index in [1.54, 1.807) is 7.11 Å². The minimum atomic E-state index is 0.623. The number of nitrogens with one attached hydrogen (secondary N) is 1. The molecule has 1 N–H and O–H groups in total. The number of anilines is 1. The van der Waals surface area contributed by atoms with Gasteiger partial charge in [0.05, 0.1) is 5.69 Å². The average Bonchev–Trinajstić information content (AvgIpc) is 2.53. The van der Waals surface area contributed by atoms with Crippen LogP contribution in [0.5, 0.6) is 0 Å². The molecular formula is C10H18N2O2S. The molecule has 1 amide bonds. The van der Waals surface area contributed by atoms with Crippen LogP contribution >= 0.6 is 11.3 Å². The Morgan fingerprint density at radius 2 is 2.33 bits per heavy atom. The molecule has 0 spiro atoms. The first kappa shape index (κ1) is 14.1. The van der Waals surface area contributed by atoms with Crippen molar-refractivity contribution in [1.29, 1.82) is 0 Å². The fourth-order valence-electron chi connectivity index (χ4n) is 0.804. The lowest BCUT2D eigenvalue weighted by Gasteiger charge is -1.97. The molecule has 4 nitrogen and oxygen atoms in total. The van der Waals surface area contributed by atoms with Crippen LogP contribution in [-0.4, -0.2) is 25.1 Å². The smallest absolute Gasteiger partial charge is 0.213 e. The van der Waals surface area contributed by atoms with Crippen molar-refractivity contribution in [1.82, 2.24) is 4.98 Å². The first-order valence-electron chi connectivity index (χ1n) is 4.71. The number of methoxy groups -OCH3 is 1. The minimum Gasteiger partial charge on any atom is -0.384 e. The number of carbonyl (C=O) groups is 1. The van der Waals surface area contributed by atoms with Crippen LogP contribution in [0.2, 0.25) is 0 Å². The second-order valence-corrected chi connectivity index (χ2v) is 4.26. The molecule has 1 heterocycles. The molecule has 0 aliphatic rings. The van der Waals surface area contributed by atoms with Crippen LogP contribution in [-0.2, 0) is 9.53 Å². The molecule has 1 aromatic rings. The molecule has 0 fully saturated rings. The summed E-state index contributed by atoms with van der Waals surface area (Å²) in [6.07, 6.45) is 0.623. The molecule has 15 heavy (non-hydrogen) atoms. The molecule has 0 radical (unpaired) electrons. The van der Waals surface area contributed by atoms with Gasteiger partial charge in [-0.3, -0.25) is 4.79 Å². The van der Waals surface area contributed by atoms with Crippen LogP contribution in [0.1, 0.15) is 19.5 Å². The third-order valence-corrected chi connectivity index (χ3v) is 2.19. The monoisotopic (exact) mass is 230 g/mol. The second-order valence-electron chi connectivity index (χ2n) is 3.41. The SMILES string of the molecule is COCC(C)C.Cc1csc(NC=O)n1. The highest BCUT2D eigenvalue weighted by atomic mass is 32.1. The van der Waals surface area contributed by atoms with Gasteiger partial charge in [-0.05, 0) is 12.8 Å². The molecule has 0 aliphatic carbocycles. The summed E-state index contributed by atoms with van der Waals surface area (Å²) < 4.78 is 4.80. The van der Waals surface area contributed by atoms with E-state index in [0.717, 1.165) is 12.3 Å². The zero-order valence-electron chi connectivity index (χ0n) is 9.61. The third kappa shape index (κ3) is 8.08. The first-order chi connectivity index (χ1) is 7.10. The molecule has 0 bridgehead atoms. The molecule has 0 atom stereocenters. The highest BCUT2D eigenvalue weighted by Gasteiger charge is 1.92. The zero-order valence-corrected chi connectivity index (χ0v) is 10.4. The summed E-state index contributed by atoms with van der Waals surface area (Å²) in [7, 11) is 1.72. The van der Waals surface area contributed by atoms with Crippen molar-refractivity contribution >= 4 is 22.9 Å². The van der Waals surface area contributed by atoms with Gasteiger partial charge in [-0.2, -0.15) is 0 Å². The van der Waals surface area contributed by atoms with Crippen molar-refractivity contribution in [3.05, 3.63) is 11.1 Å². The Hall–Kier alpha value is -0.940. The summed E-state index contributed by atoms with van der Waals surface area (Å²) in [5.74, 6) is 0.676. The van der Waals surface area contributed by atoms with Crippen LogP contribution in [0.3, 0.4) is 0 Å². The minimum absolute atomic E-state index is 0.623. The number of hydrogen-bond acceptors (Lipinski definition) is 4. The Morgan fingerprint density at radius 3 is 2.60 bits per heavy atom. The lowest BCUT2D eigenvalue weighted by molar-refractivity contribution is -0.105. The maximum Gasteiger partial charge on any atom is 0.213 e. The summed E-state index contributed by atoms with van der Waals surface area (Å²) in [5, 5.41) is 4.99. The Balaban J connectivity index is 0.000000288. The maximum atomic E-state index is 9.84. The zero-order chi connectivity index (χ0) is 11.7. The topological polar surface area (TPSA) is 51.2 Å². The molecule has 0 saturated heterocycles. The summed E-state index contributed by atoms with van der Waals surface area (Å²) >= 11 is 1.42. The number of amides is 1. The van der Waals surface area contributed by atoms with Crippen molar-refractivity contribution in [3.63, 3.8) is 0 Å². The Morgan fingerprint density at radius 1 is 1.67 bits per heavy atom. The van der Waals surface area contributed by atoms with Crippen molar-refractivity contribution in [3.8, 4) is 0 Å². The van der Waals surface area contributed by atoms with E-state index in [-0.39, 0.29) is 0 Å². The molecule has 0 unspecified atom stereocenters.